The minimum absolute atomic E-state index is 0.0614. The molecule has 3 rings (SSSR count). The molecule has 2 aromatic rings. The minimum Gasteiger partial charge on any atom is -0.293 e. The van der Waals surface area contributed by atoms with Crippen molar-refractivity contribution in [2.45, 2.75) is 11.3 Å². The van der Waals surface area contributed by atoms with E-state index in [2.05, 4.69) is 5.10 Å². The van der Waals surface area contributed by atoms with Gasteiger partial charge in [0.15, 0.2) is 0 Å². The zero-order valence-electron chi connectivity index (χ0n) is 13.8. The number of aryl methyl sites for hydroxylation is 1. The Morgan fingerprint density at radius 2 is 2.00 bits per heavy atom. The van der Waals surface area contributed by atoms with E-state index in [1.165, 1.54) is 23.9 Å². The van der Waals surface area contributed by atoms with Crippen molar-refractivity contribution in [3.8, 4) is 0 Å². The van der Waals surface area contributed by atoms with Crippen LogP contribution in [0.4, 0.5) is 0 Å². The summed E-state index contributed by atoms with van der Waals surface area (Å²) < 4.78 is 24.7. The predicted octanol–water partition coefficient (Wildman–Crippen LogP) is 1.51. The predicted molar refractivity (Wildman–Crippen MR) is 105 cm³/mol. The summed E-state index contributed by atoms with van der Waals surface area (Å²) >= 11 is 6.57. The van der Waals surface area contributed by atoms with Crippen LogP contribution < -0.4 is 5.14 Å². The molecule has 0 bridgehead atoms. The van der Waals surface area contributed by atoms with Crippen LogP contribution >= 0.6 is 24.0 Å². The third-order valence-corrected chi connectivity index (χ3v) is 6.08. The van der Waals surface area contributed by atoms with E-state index in [0.717, 1.165) is 11.1 Å². The van der Waals surface area contributed by atoms with Gasteiger partial charge in [0.1, 0.15) is 4.32 Å². The monoisotopic (exact) mass is 408 g/mol. The lowest BCUT2D eigenvalue weighted by atomic mass is 10.1. The van der Waals surface area contributed by atoms with Crippen LogP contribution in [0.5, 0.6) is 0 Å². The summed E-state index contributed by atoms with van der Waals surface area (Å²) in [6.07, 6.45) is 5.82. The second kappa shape index (κ2) is 7.31. The highest BCUT2D eigenvalue weighted by Gasteiger charge is 2.31. The van der Waals surface area contributed by atoms with Gasteiger partial charge in [0.05, 0.1) is 16.0 Å². The Bertz CT molecular complexity index is 994. The maximum atomic E-state index is 12.6. The maximum Gasteiger partial charge on any atom is 0.266 e. The largest absolute Gasteiger partial charge is 0.293 e. The fourth-order valence-electron chi connectivity index (χ4n) is 2.45. The Morgan fingerprint density at radius 3 is 2.58 bits per heavy atom. The van der Waals surface area contributed by atoms with Crippen molar-refractivity contribution < 1.29 is 13.2 Å². The number of hydrogen-bond donors (Lipinski definition) is 1. The topological polar surface area (TPSA) is 98.3 Å². The quantitative estimate of drug-likeness (QED) is 0.595. The van der Waals surface area contributed by atoms with Crippen LogP contribution in [0, 0.1) is 0 Å². The number of aromatic nitrogens is 2. The van der Waals surface area contributed by atoms with Crippen LogP contribution in [-0.2, 0) is 28.3 Å². The Labute approximate surface area is 160 Å². The molecule has 1 aliphatic rings. The van der Waals surface area contributed by atoms with Gasteiger partial charge in [-0.05, 0) is 30.2 Å². The first-order valence-corrected chi connectivity index (χ1v) is 10.4. The van der Waals surface area contributed by atoms with Crippen LogP contribution in [0.25, 0.3) is 6.08 Å². The van der Waals surface area contributed by atoms with Crippen molar-refractivity contribution in [2.24, 2.45) is 12.2 Å². The third-order valence-electron chi connectivity index (χ3n) is 3.77. The Morgan fingerprint density at radius 1 is 1.31 bits per heavy atom. The fraction of sp³-hybridized carbons (Fsp3) is 0.188. The SMILES string of the molecule is Cn1cc(/C=C2/SC(=S)N(CCc3ccc(S(N)(=O)=O)cc3)C2=O)cn1. The molecule has 26 heavy (non-hydrogen) atoms. The molecular weight excluding hydrogens is 392 g/mol. The number of carbonyl (C=O) groups excluding carboxylic acids is 1. The van der Waals surface area contributed by atoms with Crippen molar-refractivity contribution >= 4 is 50.3 Å². The molecule has 136 valence electrons. The molecule has 1 aliphatic heterocycles. The van der Waals surface area contributed by atoms with E-state index in [1.807, 2.05) is 13.2 Å². The number of sulfonamides is 1. The van der Waals surface area contributed by atoms with E-state index in [9.17, 15) is 13.2 Å². The normalized spacial score (nSPS) is 16.7. The lowest BCUT2D eigenvalue weighted by molar-refractivity contribution is -0.122. The molecule has 0 aliphatic carbocycles. The maximum absolute atomic E-state index is 12.6. The summed E-state index contributed by atoms with van der Waals surface area (Å²) in [5.41, 5.74) is 1.73. The molecule has 0 saturated carbocycles. The lowest BCUT2D eigenvalue weighted by Gasteiger charge is -2.14. The first-order valence-electron chi connectivity index (χ1n) is 7.60. The summed E-state index contributed by atoms with van der Waals surface area (Å²) in [7, 11) is -1.90. The molecule has 1 aromatic heterocycles. The molecule has 2 heterocycles. The third kappa shape index (κ3) is 4.21. The Hall–Kier alpha value is -2.01. The number of benzene rings is 1. The van der Waals surface area contributed by atoms with Gasteiger partial charge in [0.25, 0.3) is 5.91 Å². The van der Waals surface area contributed by atoms with Crippen LogP contribution in [0.2, 0.25) is 0 Å². The van der Waals surface area contributed by atoms with Gasteiger partial charge in [0, 0.05) is 25.4 Å². The highest BCUT2D eigenvalue weighted by molar-refractivity contribution is 8.26. The van der Waals surface area contributed by atoms with E-state index >= 15 is 0 Å². The van der Waals surface area contributed by atoms with Gasteiger partial charge in [-0.25, -0.2) is 13.6 Å². The number of hydrogen-bond acceptors (Lipinski definition) is 6. The second-order valence-corrected chi connectivity index (χ2v) is 8.96. The number of thiocarbonyl (C=S) groups is 1. The highest BCUT2D eigenvalue weighted by Crippen LogP contribution is 2.32. The number of nitrogens with zero attached hydrogens (tertiary/aromatic N) is 3. The molecule has 1 amide bonds. The molecule has 0 radical (unpaired) electrons. The Balaban J connectivity index is 1.67. The molecule has 0 unspecified atom stereocenters. The van der Waals surface area contributed by atoms with E-state index in [0.29, 0.717) is 22.2 Å². The van der Waals surface area contributed by atoms with Crippen LogP contribution in [-0.4, -0.2) is 39.9 Å². The first-order chi connectivity index (χ1) is 12.2. The standard InChI is InChI=1S/C16H16N4O3S3/c1-19-10-12(9-18-19)8-14-15(21)20(16(24)25-14)7-6-11-2-4-13(5-3-11)26(17,22)23/h2-5,8-10H,6-7H2,1H3,(H2,17,22,23)/b14-8+. The van der Waals surface area contributed by atoms with Gasteiger partial charge in [-0.15, -0.1) is 0 Å². The number of nitrogens with two attached hydrogens (primary N) is 1. The number of rotatable bonds is 5. The van der Waals surface area contributed by atoms with E-state index in [4.69, 9.17) is 17.4 Å². The zero-order chi connectivity index (χ0) is 18.9. The van der Waals surface area contributed by atoms with Crippen molar-refractivity contribution in [3.63, 3.8) is 0 Å². The number of primary sulfonamides is 1. The lowest BCUT2D eigenvalue weighted by Crippen LogP contribution is -2.30. The van der Waals surface area contributed by atoms with Crippen LogP contribution in [0.3, 0.4) is 0 Å². The van der Waals surface area contributed by atoms with Crippen molar-refractivity contribution in [3.05, 3.63) is 52.7 Å². The van der Waals surface area contributed by atoms with E-state index < -0.39 is 10.0 Å². The van der Waals surface area contributed by atoms with E-state index in [-0.39, 0.29) is 10.8 Å². The molecule has 0 atom stereocenters. The van der Waals surface area contributed by atoms with Gasteiger partial charge in [0.2, 0.25) is 10.0 Å². The fourth-order valence-corrected chi connectivity index (χ4v) is 4.27. The summed E-state index contributed by atoms with van der Waals surface area (Å²) in [6.45, 7) is 0.420. The minimum atomic E-state index is -3.71. The smallest absolute Gasteiger partial charge is 0.266 e. The van der Waals surface area contributed by atoms with Crippen molar-refractivity contribution in [1.82, 2.24) is 14.7 Å². The molecule has 1 fully saturated rings. The zero-order valence-corrected chi connectivity index (χ0v) is 16.3. The Kier molecular flexibility index (Phi) is 5.28. The summed E-state index contributed by atoms with van der Waals surface area (Å²) in [6, 6.07) is 6.28. The first kappa shape index (κ1) is 18.8. The molecule has 0 spiro atoms. The number of amides is 1. The molecule has 7 nitrogen and oxygen atoms in total. The molecular formula is C16H16N4O3S3. The summed E-state index contributed by atoms with van der Waals surface area (Å²) in [5, 5.41) is 9.16. The molecule has 10 heteroatoms. The molecule has 1 saturated heterocycles. The van der Waals surface area contributed by atoms with Gasteiger partial charge in [-0.3, -0.25) is 14.4 Å². The van der Waals surface area contributed by atoms with Gasteiger partial charge < -0.3 is 0 Å². The summed E-state index contributed by atoms with van der Waals surface area (Å²) in [5.74, 6) is -0.134. The second-order valence-electron chi connectivity index (χ2n) is 5.72. The van der Waals surface area contributed by atoms with Gasteiger partial charge in [-0.2, -0.15) is 5.10 Å². The van der Waals surface area contributed by atoms with Crippen LogP contribution in [0.1, 0.15) is 11.1 Å². The number of thioether (sulfide) groups is 1. The molecule has 1 aromatic carbocycles. The molecule has 2 N–H and O–H groups in total. The van der Waals surface area contributed by atoms with Crippen molar-refractivity contribution in [2.75, 3.05) is 6.54 Å². The highest BCUT2D eigenvalue weighted by atomic mass is 32.2. The van der Waals surface area contributed by atoms with Gasteiger partial charge in [-0.1, -0.05) is 36.1 Å². The summed E-state index contributed by atoms with van der Waals surface area (Å²) in [4.78, 5) is 14.7. The van der Waals surface area contributed by atoms with Crippen LogP contribution in [0.15, 0.2) is 46.5 Å². The van der Waals surface area contributed by atoms with Gasteiger partial charge >= 0.3 is 0 Å². The van der Waals surface area contributed by atoms with Crippen molar-refractivity contribution in [1.29, 1.82) is 0 Å². The van der Waals surface area contributed by atoms with E-state index in [1.54, 1.807) is 34.0 Å². The average molecular weight is 409 g/mol. The average Bonchev–Trinajstić information content (AvgIpc) is 3.09. The number of carbonyl (C=O) groups is 1.